The van der Waals surface area contributed by atoms with Crippen molar-refractivity contribution in [1.29, 1.82) is 5.26 Å². The zero-order valence-electron chi connectivity index (χ0n) is 11.0. The van der Waals surface area contributed by atoms with Crippen LogP contribution < -0.4 is 5.32 Å². The summed E-state index contributed by atoms with van der Waals surface area (Å²) in [7, 11) is 0. The minimum absolute atomic E-state index is 0.0835. The van der Waals surface area contributed by atoms with Crippen LogP contribution in [0, 0.1) is 11.3 Å². The van der Waals surface area contributed by atoms with E-state index in [1.54, 1.807) is 13.1 Å². The van der Waals surface area contributed by atoms with Gasteiger partial charge in [0.05, 0.1) is 17.8 Å². The van der Waals surface area contributed by atoms with Gasteiger partial charge in [-0.05, 0) is 19.1 Å². The highest BCUT2D eigenvalue weighted by Crippen LogP contribution is 2.20. The summed E-state index contributed by atoms with van der Waals surface area (Å²) in [6.07, 6.45) is 3.02. The molecule has 2 aromatic rings. The summed E-state index contributed by atoms with van der Waals surface area (Å²) in [4.78, 5) is 15.8. The van der Waals surface area contributed by atoms with Crippen molar-refractivity contribution in [3.8, 4) is 6.07 Å². The lowest BCUT2D eigenvalue weighted by Gasteiger charge is -2.05. The first-order valence-electron chi connectivity index (χ1n) is 6.14. The number of carbonyl (C=O) groups is 1. The zero-order chi connectivity index (χ0) is 14.4. The quantitative estimate of drug-likeness (QED) is 0.523. The molecule has 1 N–H and O–H groups in total. The Balaban J connectivity index is 2.28. The summed E-state index contributed by atoms with van der Waals surface area (Å²) >= 11 is 0. The predicted octanol–water partition coefficient (Wildman–Crippen LogP) is 2.62. The minimum Gasteiger partial charge on any atom is -0.462 e. The standard InChI is InChI=1S/C15H13N3O2/c1-2-20-15(19)12(9-16)10-18-13-7-3-5-11-6-4-8-17-14(11)13/h3-8,10,18H,2H2,1H3/b12-10+. The molecule has 0 spiro atoms. The normalized spacial score (nSPS) is 10.9. The second-order valence-corrected chi connectivity index (χ2v) is 3.92. The Kier molecular flexibility index (Phi) is 4.30. The van der Waals surface area contributed by atoms with E-state index in [4.69, 9.17) is 10.00 Å². The van der Waals surface area contributed by atoms with Crippen LogP contribution in [0.15, 0.2) is 48.3 Å². The second-order valence-electron chi connectivity index (χ2n) is 3.92. The average molecular weight is 267 g/mol. The number of nitriles is 1. The number of rotatable bonds is 4. The maximum absolute atomic E-state index is 11.5. The van der Waals surface area contributed by atoms with E-state index in [1.165, 1.54) is 6.20 Å². The van der Waals surface area contributed by atoms with Crippen molar-refractivity contribution in [3.63, 3.8) is 0 Å². The van der Waals surface area contributed by atoms with E-state index in [1.807, 2.05) is 36.4 Å². The van der Waals surface area contributed by atoms with E-state index in [9.17, 15) is 4.79 Å². The highest BCUT2D eigenvalue weighted by molar-refractivity contribution is 5.94. The Morgan fingerprint density at radius 3 is 3.00 bits per heavy atom. The van der Waals surface area contributed by atoms with Gasteiger partial charge in [0.1, 0.15) is 6.07 Å². The number of anilines is 1. The molecule has 0 aliphatic rings. The molecule has 0 saturated heterocycles. The zero-order valence-corrected chi connectivity index (χ0v) is 11.0. The van der Waals surface area contributed by atoms with Crippen LogP contribution >= 0.6 is 0 Å². The highest BCUT2D eigenvalue weighted by atomic mass is 16.5. The first kappa shape index (κ1) is 13.6. The van der Waals surface area contributed by atoms with Gasteiger partial charge in [-0.3, -0.25) is 4.98 Å². The Bertz CT molecular complexity index is 696. The van der Waals surface area contributed by atoms with Crippen LogP contribution in [-0.4, -0.2) is 17.6 Å². The molecule has 0 radical (unpaired) electrons. The van der Waals surface area contributed by atoms with Crippen LogP contribution in [0.25, 0.3) is 10.9 Å². The van der Waals surface area contributed by atoms with Gasteiger partial charge in [0, 0.05) is 17.8 Å². The summed E-state index contributed by atoms with van der Waals surface area (Å²) in [5, 5.41) is 12.8. The van der Waals surface area contributed by atoms with Crippen LogP contribution in [0.5, 0.6) is 0 Å². The lowest BCUT2D eigenvalue weighted by atomic mass is 10.2. The van der Waals surface area contributed by atoms with Crippen molar-refractivity contribution in [2.45, 2.75) is 6.92 Å². The van der Waals surface area contributed by atoms with Gasteiger partial charge in [0.2, 0.25) is 0 Å². The Morgan fingerprint density at radius 1 is 1.45 bits per heavy atom. The third kappa shape index (κ3) is 2.93. The molecule has 0 fully saturated rings. The van der Waals surface area contributed by atoms with Crippen LogP contribution in [-0.2, 0) is 9.53 Å². The fraction of sp³-hybridized carbons (Fsp3) is 0.133. The average Bonchev–Trinajstić information content (AvgIpc) is 2.48. The topological polar surface area (TPSA) is 75.0 Å². The van der Waals surface area contributed by atoms with Crippen LogP contribution in [0.3, 0.4) is 0 Å². The number of carbonyl (C=O) groups excluding carboxylic acids is 1. The molecule has 5 heteroatoms. The number of hydrogen-bond donors (Lipinski definition) is 1. The lowest BCUT2D eigenvalue weighted by molar-refractivity contribution is -0.138. The van der Waals surface area contributed by atoms with E-state index in [0.29, 0.717) is 0 Å². The van der Waals surface area contributed by atoms with Crippen molar-refractivity contribution in [2.24, 2.45) is 0 Å². The third-order valence-corrected chi connectivity index (χ3v) is 2.62. The summed E-state index contributed by atoms with van der Waals surface area (Å²) in [6.45, 7) is 1.92. The number of benzene rings is 1. The van der Waals surface area contributed by atoms with Crippen LogP contribution in [0.2, 0.25) is 0 Å². The minimum atomic E-state index is -0.643. The molecule has 100 valence electrons. The highest BCUT2D eigenvalue weighted by Gasteiger charge is 2.09. The van der Waals surface area contributed by atoms with Crippen molar-refractivity contribution >= 4 is 22.6 Å². The fourth-order valence-corrected chi connectivity index (χ4v) is 1.72. The molecular formula is C15H13N3O2. The summed E-state index contributed by atoms with van der Waals surface area (Å²) in [6, 6.07) is 11.2. The van der Waals surface area contributed by atoms with Crippen molar-refractivity contribution < 1.29 is 9.53 Å². The Hall–Kier alpha value is -2.87. The molecule has 0 amide bonds. The van der Waals surface area contributed by atoms with Gasteiger partial charge in [-0.15, -0.1) is 0 Å². The molecule has 1 heterocycles. The molecule has 0 unspecified atom stereocenters. The molecule has 1 aromatic heterocycles. The number of nitrogens with zero attached hydrogens (tertiary/aromatic N) is 2. The number of pyridine rings is 1. The number of hydrogen-bond acceptors (Lipinski definition) is 5. The van der Waals surface area contributed by atoms with Gasteiger partial charge >= 0.3 is 5.97 Å². The Labute approximate surface area is 116 Å². The van der Waals surface area contributed by atoms with Gasteiger partial charge in [-0.25, -0.2) is 4.79 Å². The SMILES string of the molecule is CCOC(=O)/C(C#N)=C/Nc1cccc2cccnc12. The van der Waals surface area contributed by atoms with E-state index >= 15 is 0 Å². The molecule has 5 nitrogen and oxygen atoms in total. The van der Waals surface area contributed by atoms with Gasteiger partial charge < -0.3 is 10.1 Å². The van der Waals surface area contributed by atoms with Gasteiger partial charge in [-0.2, -0.15) is 5.26 Å². The fourth-order valence-electron chi connectivity index (χ4n) is 1.72. The molecule has 20 heavy (non-hydrogen) atoms. The maximum Gasteiger partial charge on any atom is 0.350 e. The van der Waals surface area contributed by atoms with E-state index < -0.39 is 5.97 Å². The van der Waals surface area contributed by atoms with E-state index in [2.05, 4.69) is 10.3 Å². The van der Waals surface area contributed by atoms with E-state index in [-0.39, 0.29) is 12.2 Å². The largest absolute Gasteiger partial charge is 0.462 e. The second kappa shape index (κ2) is 6.34. The molecule has 0 saturated carbocycles. The molecule has 2 rings (SSSR count). The van der Waals surface area contributed by atoms with Crippen molar-refractivity contribution in [2.75, 3.05) is 11.9 Å². The predicted molar refractivity (Wildman–Crippen MR) is 75.7 cm³/mol. The number of fused-ring (bicyclic) bond motifs is 1. The molecule has 0 aliphatic carbocycles. The molecule has 0 atom stereocenters. The number of nitrogens with one attached hydrogen (secondary N) is 1. The molecular weight excluding hydrogens is 254 g/mol. The van der Waals surface area contributed by atoms with Crippen molar-refractivity contribution in [1.82, 2.24) is 4.98 Å². The van der Waals surface area contributed by atoms with E-state index in [0.717, 1.165) is 16.6 Å². The number of ether oxygens (including phenoxy) is 1. The third-order valence-electron chi connectivity index (χ3n) is 2.62. The monoisotopic (exact) mass is 267 g/mol. The van der Waals surface area contributed by atoms with Crippen LogP contribution in [0.4, 0.5) is 5.69 Å². The summed E-state index contributed by atoms with van der Waals surface area (Å²) in [5.41, 5.74) is 1.41. The van der Waals surface area contributed by atoms with Gasteiger partial charge in [0.15, 0.2) is 5.57 Å². The number of para-hydroxylation sites is 1. The summed E-state index contributed by atoms with van der Waals surface area (Å²) < 4.78 is 4.79. The van der Waals surface area contributed by atoms with Gasteiger partial charge in [0.25, 0.3) is 0 Å². The number of aromatic nitrogens is 1. The molecule has 0 aliphatic heterocycles. The first-order chi connectivity index (χ1) is 9.76. The first-order valence-corrected chi connectivity index (χ1v) is 6.14. The molecule has 0 bridgehead atoms. The number of esters is 1. The van der Waals surface area contributed by atoms with Crippen molar-refractivity contribution in [3.05, 3.63) is 48.3 Å². The smallest absolute Gasteiger partial charge is 0.350 e. The van der Waals surface area contributed by atoms with Crippen LogP contribution in [0.1, 0.15) is 6.92 Å². The Morgan fingerprint density at radius 2 is 2.25 bits per heavy atom. The lowest BCUT2D eigenvalue weighted by Crippen LogP contribution is -2.08. The maximum atomic E-state index is 11.5. The van der Waals surface area contributed by atoms with Gasteiger partial charge in [-0.1, -0.05) is 18.2 Å². The summed E-state index contributed by atoms with van der Waals surface area (Å²) in [5.74, 6) is -0.643. The molecule has 1 aromatic carbocycles.